The van der Waals surface area contributed by atoms with E-state index in [9.17, 15) is 4.39 Å². The molecule has 0 unspecified atom stereocenters. The normalized spacial score (nSPS) is 14.6. The van der Waals surface area contributed by atoms with Crippen molar-refractivity contribution in [2.45, 2.75) is 12.8 Å². The average Bonchev–Trinajstić information content (AvgIpc) is 2.67. The minimum Gasteiger partial charge on any atom is -0.340 e. The fourth-order valence-corrected chi connectivity index (χ4v) is 2.25. The summed E-state index contributed by atoms with van der Waals surface area (Å²) in [5.41, 5.74) is 3.07. The first-order valence-corrected chi connectivity index (χ1v) is 6.39. The van der Waals surface area contributed by atoms with Crippen LogP contribution in [0.1, 0.15) is 11.3 Å². The minimum atomic E-state index is -0.240. The molecule has 2 heterocycles. The summed E-state index contributed by atoms with van der Waals surface area (Å²) in [4.78, 5) is 8.65. The highest BCUT2D eigenvalue weighted by Crippen LogP contribution is 2.22. The van der Waals surface area contributed by atoms with Crippen LogP contribution in [0.25, 0.3) is 0 Å². The van der Waals surface area contributed by atoms with E-state index in [1.807, 2.05) is 0 Å². The largest absolute Gasteiger partial charge is 0.340 e. The zero-order valence-electron chi connectivity index (χ0n) is 10.5. The van der Waals surface area contributed by atoms with E-state index in [-0.39, 0.29) is 5.82 Å². The van der Waals surface area contributed by atoms with Crippen LogP contribution in [0.3, 0.4) is 0 Å². The van der Waals surface area contributed by atoms with Gasteiger partial charge in [-0.1, -0.05) is 0 Å². The van der Waals surface area contributed by atoms with Gasteiger partial charge in [0.1, 0.15) is 18.0 Å². The average molecular weight is 258 g/mol. The Balaban J connectivity index is 1.90. The number of fused-ring (bicyclic) bond motifs is 1. The molecule has 1 aliphatic rings. The fourth-order valence-electron chi connectivity index (χ4n) is 2.25. The van der Waals surface area contributed by atoms with Gasteiger partial charge >= 0.3 is 0 Å². The number of hydrogen-bond donors (Lipinski definition) is 2. The highest BCUT2D eigenvalue weighted by atomic mass is 19.1. The molecule has 1 aliphatic heterocycles. The Morgan fingerprint density at radius 1 is 1.05 bits per heavy atom. The molecule has 2 N–H and O–H groups in total. The first-order valence-electron chi connectivity index (χ1n) is 6.39. The lowest BCUT2D eigenvalue weighted by molar-refractivity contribution is 0.628. The molecule has 0 saturated carbocycles. The third kappa shape index (κ3) is 2.71. The third-order valence-corrected chi connectivity index (χ3v) is 3.23. The molecule has 0 fully saturated rings. The molecule has 1 aromatic carbocycles. The van der Waals surface area contributed by atoms with Crippen molar-refractivity contribution in [2.24, 2.45) is 0 Å². The lowest BCUT2D eigenvalue weighted by atomic mass is 10.1. The molecule has 5 heteroatoms. The van der Waals surface area contributed by atoms with E-state index in [0.717, 1.165) is 48.7 Å². The van der Waals surface area contributed by atoms with Crippen molar-refractivity contribution in [1.82, 2.24) is 15.3 Å². The maximum Gasteiger partial charge on any atom is 0.137 e. The van der Waals surface area contributed by atoms with E-state index >= 15 is 0 Å². The molecule has 0 bridgehead atoms. The summed E-state index contributed by atoms with van der Waals surface area (Å²) < 4.78 is 12.9. The Hall–Kier alpha value is -2.01. The van der Waals surface area contributed by atoms with Gasteiger partial charge in [0.25, 0.3) is 0 Å². The number of benzene rings is 1. The summed E-state index contributed by atoms with van der Waals surface area (Å²) in [7, 11) is 0. The summed E-state index contributed by atoms with van der Waals surface area (Å²) in [5, 5.41) is 6.59. The predicted molar refractivity (Wildman–Crippen MR) is 72.0 cm³/mol. The van der Waals surface area contributed by atoms with Crippen LogP contribution in [0.5, 0.6) is 0 Å². The van der Waals surface area contributed by atoms with Crippen LogP contribution in [0.15, 0.2) is 30.6 Å². The highest BCUT2D eigenvalue weighted by molar-refractivity contribution is 5.60. The standard InChI is InChI=1S/C14H15FN4/c15-10-1-3-11(4-2-10)19-14-12-5-7-16-8-6-13(12)17-9-18-14/h1-4,9,16H,5-8H2,(H,17,18,19). The Morgan fingerprint density at radius 3 is 2.68 bits per heavy atom. The molecule has 0 saturated heterocycles. The number of nitrogens with zero attached hydrogens (tertiary/aromatic N) is 2. The zero-order valence-corrected chi connectivity index (χ0v) is 10.5. The van der Waals surface area contributed by atoms with Crippen molar-refractivity contribution in [3.63, 3.8) is 0 Å². The quantitative estimate of drug-likeness (QED) is 0.865. The SMILES string of the molecule is Fc1ccc(Nc2ncnc3c2CCNCC3)cc1. The van der Waals surface area contributed by atoms with E-state index < -0.39 is 0 Å². The third-order valence-electron chi connectivity index (χ3n) is 3.23. The number of rotatable bonds is 2. The van der Waals surface area contributed by atoms with Crippen molar-refractivity contribution in [2.75, 3.05) is 18.4 Å². The highest BCUT2D eigenvalue weighted by Gasteiger charge is 2.13. The maximum atomic E-state index is 12.9. The molecule has 0 aliphatic carbocycles. The van der Waals surface area contributed by atoms with Gasteiger partial charge in [-0.2, -0.15) is 0 Å². The van der Waals surface area contributed by atoms with Crippen molar-refractivity contribution >= 4 is 11.5 Å². The van der Waals surface area contributed by atoms with Crippen LogP contribution in [0, 0.1) is 5.82 Å². The molecule has 4 nitrogen and oxygen atoms in total. The van der Waals surface area contributed by atoms with Gasteiger partial charge in [0.2, 0.25) is 0 Å². The van der Waals surface area contributed by atoms with Crippen LogP contribution < -0.4 is 10.6 Å². The number of hydrogen-bond acceptors (Lipinski definition) is 4. The Kier molecular flexibility index (Phi) is 3.37. The van der Waals surface area contributed by atoms with Gasteiger partial charge in [-0.05, 0) is 37.2 Å². The number of halogens is 1. The molecule has 19 heavy (non-hydrogen) atoms. The molecule has 2 aromatic rings. The minimum absolute atomic E-state index is 0.240. The summed E-state index contributed by atoms with van der Waals surface area (Å²) in [6.45, 7) is 1.87. The number of nitrogens with one attached hydrogen (secondary N) is 2. The fraction of sp³-hybridized carbons (Fsp3) is 0.286. The number of aromatic nitrogens is 2. The van der Waals surface area contributed by atoms with Crippen molar-refractivity contribution in [1.29, 1.82) is 0 Å². The molecule has 0 amide bonds. The van der Waals surface area contributed by atoms with E-state index in [1.165, 1.54) is 12.1 Å². The molecular weight excluding hydrogens is 243 g/mol. The Bertz CT molecular complexity index is 568. The van der Waals surface area contributed by atoms with E-state index in [2.05, 4.69) is 20.6 Å². The topological polar surface area (TPSA) is 49.8 Å². The molecule has 98 valence electrons. The molecule has 0 atom stereocenters. The summed E-state index contributed by atoms with van der Waals surface area (Å²) in [5.74, 6) is 0.580. The van der Waals surface area contributed by atoms with E-state index in [1.54, 1.807) is 18.5 Å². The molecule has 0 radical (unpaired) electrons. The van der Waals surface area contributed by atoms with Crippen molar-refractivity contribution in [3.05, 3.63) is 47.7 Å². The predicted octanol–water partition coefficient (Wildman–Crippen LogP) is 2.05. The smallest absolute Gasteiger partial charge is 0.137 e. The first-order chi connectivity index (χ1) is 9.33. The molecule has 3 rings (SSSR count). The second kappa shape index (κ2) is 5.32. The Morgan fingerprint density at radius 2 is 1.84 bits per heavy atom. The van der Waals surface area contributed by atoms with Crippen molar-refractivity contribution in [3.8, 4) is 0 Å². The second-order valence-electron chi connectivity index (χ2n) is 4.53. The van der Waals surface area contributed by atoms with Gasteiger partial charge in [-0.15, -0.1) is 0 Å². The van der Waals surface area contributed by atoms with Crippen LogP contribution in [0.4, 0.5) is 15.9 Å². The van der Waals surface area contributed by atoms with Crippen LogP contribution >= 0.6 is 0 Å². The van der Waals surface area contributed by atoms with Gasteiger partial charge < -0.3 is 10.6 Å². The van der Waals surface area contributed by atoms with Gasteiger partial charge in [0.15, 0.2) is 0 Å². The number of anilines is 2. The summed E-state index contributed by atoms with van der Waals surface area (Å²) in [6, 6.07) is 6.28. The van der Waals surface area contributed by atoms with Crippen LogP contribution in [-0.4, -0.2) is 23.1 Å². The van der Waals surface area contributed by atoms with E-state index in [0.29, 0.717) is 0 Å². The van der Waals surface area contributed by atoms with Gasteiger partial charge in [-0.3, -0.25) is 0 Å². The Labute approximate surface area is 111 Å². The lowest BCUT2D eigenvalue weighted by Crippen LogP contribution is -2.16. The summed E-state index contributed by atoms with van der Waals surface area (Å²) >= 11 is 0. The monoisotopic (exact) mass is 258 g/mol. The van der Waals surface area contributed by atoms with Gasteiger partial charge in [0.05, 0.1) is 5.69 Å². The summed E-state index contributed by atoms with van der Waals surface area (Å²) in [6.07, 6.45) is 3.39. The molecule has 0 spiro atoms. The van der Waals surface area contributed by atoms with Crippen molar-refractivity contribution < 1.29 is 4.39 Å². The van der Waals surface area contributed by atoms with Gasteiger partial charge in [0, 0.05) is 24.2 Å². The second-order valence-corrected chi connectivity index (χ2v) is 4.53. The zero-order chi connectivity index (χ0) is 13.1. The molecular formula is C14H15FN4. The maximum absolute atomic E-state index is 12.9. The molecule has 1 aromatic heterocycles. The van der Waals surface area contributed by atoms with E-state index in [4.69, 9.17) is 0 Å². The van der Waals surface area contributed by atoms with Crippen LogP contribution in [-0.2, 0) is 12.8 Å². The lowest BCUT2D eigenvalue weighted by Gasteiger charge is -2.12. The van der Waals surface area contributed by atoms with Gasteiger partial charge in [-0.25, -0.2) is 14.4 Å². The first kappa shape index (κ1) is 12.0. The van der Waals surface area contributed by atoms with Crippen LogP contribution in [0.2, 0.25) is 0 Å².